The Morgan fingerprint density at radius 2 is 2.39 bits per heavy atom. The molecule has 1 heterocycles. The second kappa shape index (κ2) is 6.06. The van der Waals surface area contributed by atoms with Gasteiger partial charge in [0.25, 0.3) is 5.91 Å². The van der Waals surface area contributed by atoms with Gasteiger partial charge in [0, 0.05) is 29.7 Å². The molecule has 98 valence electrons. The third-order valence-corrected chi connectivity index (χ3v) is 5.03. The number of carbonyl (C=O) groups is 1. The van der Waals surface area contributed by atoms with E-state index in [-0.39, 0.29) is 11.7 Å². The molecule has 0 N–H and O–H groups in total. The van der Waals surface area contributed by atoms with Gasteiger partial charge in [0.2, 0.25) is 0 Å². The zero-order valence-corrected chi connectivity index (χ0v) is 12.6. The minimum atomic E-state index is -0.341. The van der Waals surface area contributed by atoms with Crippen LogP contribution in [0, 0.1) is 5.82 Å². The van der Waals surface area contributed by atoms with Gasteiger partial charge in [0.1, 0.15) is 5.82 Å². The summed E-state index contributed by atoms with van der Waals surface area (Å²) >= 11 is 5.04. The molecule has 0 saturated carbocycles. The molecule has 0 bridgehead atoms. The van der Waals surface area contributed by atoms with Crippen LogP contribution in [0.4, 0.5) is 4.39 Å². The number of rotatable bonds is 2. The first-order valence-electron chi connectivity index (χ1n) is 5.97. The van der Waals surface area contributed by atoms with Crippen LogP contribution in [-0.4, -0.2) is 34.9 Å². The Kier molecular flexibility index (Phi) is 4.67. The van der Waals surface area contributed by atoms with Gasteiger partial charge in [-0.15, -0.1) is 0 Å². The highest BCUT2D eigenvalue weighted by atomic mass is 79.9. The van der Waals surface area contributed by atoms with E-state index in [2.05, 4.69) is 22.9 Å². The van der Waals surface area contributed by atoms with E-state index < -0.39 is 0 Å². The van der Waals surface area contributed by atoms with E-state index in [0.717, 1.165) is 25.3 Å². The molecule has 0 aromatic heterocycles. The quantitative estimate of drug-likeness (QED) is 0.825. The summed E-state index contributed by atoms with van der Waals surface area (Å²) in [4.78, 5) is 14.2. The Labute approximate surface area is 119 Å². The van der Waals surface area contributed by atoms with Gasteiger partial charge in [0.15, 0.2) is 0 Å². The zero-order valence-electron chi connectivity index (χ0n) is 10.2. The fourth-order valence-electron chi connectivity index (χ4n) is 1.96. The van der Waals surface area contributed by atoms with Gasteiger partial charge in [-0.2, -0.15) is 11.8 Å². The normalized spacial score (nSPS) is 19.9. The molecule has 1 aliphatic rings. The molecule has 0 radical (unpaired) electrons. The summed E-state index contributed by atoms with van der Waals surface area (Å²) in [6, 6.07) is 4.43. The molecule has 2 rings (SSSR count). The molecule has 1 unspecified atom stereocenters. The first kappa shape index (κ1) is 13.9. The highest BCUT2D eigenvalue weighted by Gasteiger charge is 2.24. The van der Waals surface area contributed by atoms with Crippen molar-refractivity contribution in [1.82, 2.24) is 4.90 Å². The van der Waals surface area contributed by atoms with Crippen molar-refractivity contribution in [3.05, 3.63) is 34.1 Å². The second-order valence-corrected chi connectivity index (χ2v) is 6.54. The molecule has 2 nitrogen and oxygen atoms in total. The van der Waals surface area contributed by atoms with E-state index in [1.54, 1.807) is 12.1 Å². The van der Waals surface area contributed by atoms with Gasteiger partial charge >= 0.3 is 0 Å². The van der Waals surface area contributed by atoms with Crippen molar-refractivity contribution in [2.45, 2.75) is 18.6 Å². The Morgan fingerprint density at radius 3 is 3.06 bits per heavy atom. The van der Waals surface area contributed by atoms with Gasteiger partial charge in [-0.05, 0) is 40.5 Å². The van der Waals surface area contributed by atoms with E-state index in [0.29, 0.717) is 15.3 Å². The molecule has 1 aromatic carbocycles. The van der Waals surface area contributed by atoms with Crippen LogP contribution in [-0.2, 0) is 0 Å². The van der Waals surface area contributed by atoms with Gasteiger partial charge in [-0.1, -0.05) is 6.92 Å². The molecule has 0 aliphatic carbocycles. The molecular weight excluding hydrogens is 317 g/mol. The summed E-state index contributed by atoms with van der Waals surface area (Å²) in [6.07, 6.45) is 1.07. The maximum Gasteiger partial charge on any atom is 0.253 e. The standard InChI is InChI=1S/C13H15BrFNOS/c1-2-10-8-16(5-6-18-10)13(17)9-3-4-12(15)11(14)7-9/h3-4,7,10H,2,5-6,8H2,1H3. The van der Waals surface area contributed by atoms with Crippen LogP contribution in [0.3, 0.4) is 0 Å². The van der Waals surface area contributed by atoms with Gasteiger partial charge < -0.3 is 4.90 Å². The summed E-state index contributed by atoms with van der Waals surface area (Å²) in [5.41, 5.74) is 0.546. The van der Waals surface area contributed by atoms with E-state index >= 15 is 0 Å². The highest BCUT2D eigenvalue weighted by molar-refractivity contribution is 9.10. The number of benzene rings is 1. The molecule has 5 heteroatoms. The minimum absolute atomic E-state index is 0.00514. The smallest absolute Gasteiger partial charge is 0.253 e. The van der Waals surface area contributed by atoms with Crippen molar-refractivity contribution in [3.63, 3.8) is 0 Å². The van der Waals surface area contributed by atoms with Crippen molar-refractivity contribution in [1.29, 1.82) is 0 Å². The molecule has 18 heavy (non-hydrogen) atoms. The monoisotopic (exact) mass is 331 g/mol. The number of thioether (sulfide) groups is 1. The highest BCUT2D eigenvalue weighted by Crippen LogP contribution is 2.23. The van der Waals surface area contributed by atoms with Gasteiger partial charge in [0.05, 0.1) is 4.47 Å². The SMILES string of the molecule is CCC1CN(C(=O)c2ccc(F)c(Br)c2)CCS1. The lowest BCUT2D eigenvalue weighted by atomic mass is 10.2. The molecule has 1 atom stereocenters. The van der Waals surface area contributed by atoms with E-state index in [1.807, 2.05) is 16.7 Å². The third kappa shape index (κ3) is 3.06. The summed E-state index contributed by atoms with van der Waals surface area (Å²) in [6.45, 7) is 3.70. The van der Waals surface area contributed by atoms with Crippen LogP contribution in [0.15, 0.2) is 22.7 Å². The van der Waals surface area contributed by atoms with Crippen LogP contribution >= 0.6 is 27.7 Å². The summed E-state index contributed by atoms with van der Waals surface area (Å²) in [5.74, 6) is 0.633. The molecule has 1 fully saturated rings. The van der Waals surface area contributed by atoms with Crippen LogP contribution in [0.5, 0.6) is 0 Å². The topological polar surface area (TPSA) is 20.3 Å². The first-order valence-corrected chi connectivity index (χ1v) is 7.82. The molecule has 1 saturated heterocycles. The molecule has 1 amide bonds. The van der Waals surface area contributed by atoms with E-state index in [9.17, 15) is 9.18 Å². The van der Waals surface area contributed by atoms with Crippen LogP contribution in [0.2, 0.25) is 0 Å². The van der Waals surface area contributed by atoms with E-state index in [4.69, 9.17) is 0 Å². The predicted molar refractivity (Wildman–Crippen MR) is 76.5 cm³/mol. The number of amides is 1. The van der Waals surface area contributed by atoms with Crippen molar-refractivity contribution >= 4 is 33.6 Å². The van der Waals surface area contributed by atoms with Gasteiger partial charge in [-0.25, -0.2) is 4.39 Å². The van der Waals surface area contributed by atoms with Crippen LogP contribution < -0.4 is 0 Å². The zero-order chi connectivity index (χ0) is 13.1. The maximum atomic E-state index is 13.1. The lowest BCUT2D eigenvalue weighted by molar-refractivity contribution is 0.0761. The van der Waals surface area contributed by atoms with Crippen molar-refractivity contribution < 1.29 is 9.18 Å². The number of nitrogens with zero attached hydrogens (tertiary/aromatic N) is 1. The third-order valence-electron chi connectivity index (χ3n) is 3.05. The molecule has 1 aromatic rings. The Bertz CT molecular complexity index is 455. The summed E-state index contributed by atoms with van der Waals surface area (Å²) in [7, 11) is 0. The summed E-state index contributed by atoms with van der Waals surface area (Å²) < 4.78 is 13.5. The minimum Gasteiger partial charge on any atom is -0.337 e. The first-order chi connectivity index (χ1) is 8.61. The van der Waals surface area contributed by atoms with Crippen molar-refractivity contribution in [3.8, 4) is 0 Å². The van der Waals surface area contributed by atoms with Crippen LogP contribution in [0.25, 0.3) is 0 Å². The Balaban J connectivity index is 2.12. The van der Waals surface area contributed by atoms with Gasteiger partial charge in [-0.3, -0.25) is 4.79 Å². The Hall–Kier alpha value is -0.550. The lowest BCUT2D eigenvalue weighted by Gasteiger charge is -2.32. The predicted octanol–water partition coefficient (Wildman–Crippen LogP) is 3.56. The van der Waals surface area contributed by atoms with Crippen LogP contribution in [0.1, 0.15) is 23.7 Å². The van der Waals surface area contributed by atoms with Crippen molar-refractivity contribution in [2.24, 2.45) is 0 Å². The average Bonchev–Trinajstić information content (AvgIpc) is 2.41. The lowest BCUT2D eigenvalue weighted by Crippen LogP contribution is -2.41. The fourth-order valence-corrected chi connectivity index (χ4v) is 3.52. The Morgan fingerprint density at radius 1 is 1.61 bits per heavy atom. The molecule has 1 aliphatic heterocycles. The number of carbonyl (C=O) groups excluding carboxylic acids is 1. The fraction of sp³-hybridized carbons (Fsp3) is 0.462. The maximum absolute atomic E-state index is 13.1. The molecule has 0 spiro atoms. The largest absolute Gasteiger partial charge is 0.337 e. The van der Waals surface area contributed by atoms with Crippen molar-refractivity contribution in [2.75, 3.05) is 18.8 Å². The average molecular weight is 332 g/mol. The molecular formula is C13H15BrFNOS. The second-order valence-electron chi connectivity index (χ2n) is 4.28. The summed E-state index contributed by atoms with van der Waals surface area (Å²) in [5, 5.41) is 0.520. The number of hydrogen-bond donors (Lipinski definition) is 0. The number of halogens is 2. The van der Waals surface area contributed by atoms with E-state index in [1.165, 1.54) is 6.07 Å². The number of hydrogen-bond acceptors (Lipinski definition) is 2.